The van der Waals surface area contributed by atoms with Gasteiger partial charge < -0.3 is 14.5 Å². The monoisotopic (exact) mass is 373 g/mol. The van der Waals surface area contributed by atoms with Crippen LogP contribution in [-0.4, -0.2) is 57.4 Å². The van der Waals surface area contributed by atoms with Crippen LogP contribution in [0.25, 0.3) is 11.2 Å². The summed E-state index contributed by atoms with van der Waals surface area (Å²) in [5.74, 6) is 0.0679. The smallest absolute Gasteiger partial charge is 0.410 e. The molecule has 4 rings (SSSR count). The van der Waals surface area contributed by atoms with Crippen molar-refractivity contribution >= 4 is 28.9 Å². The van der Waals surface area contributed by atoms with Crippen LogP contribution >= 0.6 is 0 Å². The molecule has 2 aliphatic rings. The molecule has 0 aromatic carbocycles. The SMILES string of the molecule is CC(C)(C)OC(=O)N1CCC2(CC1)CC(=O)N(c1cnc3nonc3c1)C2. The molecule has 1 spiro atoms. The maximum absolute atomic E-state index is 12.7. The first-order chi connectivity index (χ1) is 12.7. The van der Waals surface area contributed by atoms with Crippen molar-refractivity contribution in [1.82, 2.24) is 20.2 Å². The number of fused-ring (bicyclic) bond motifs is 1. The Balaban J connectivity index is 1.44. The van der Waals surface area contributed by atoms with Gasteiger partial charge in [-0.05, 0) is 50.0 Å². The Morgan fingerprint density at radius 1 is 1.26 bits per heavy atom. The van der Waals surface area contributed by atoms with Crippen LogP contribution in [0, 0.1) is 5.41 Å². The van der Waals surface area contributed by atoms with E-state index in [1.165, 1.54) is 0 Å². The summed E-state index contributed by atoms with van der Waals surface area (Å²) < 4.78 is 10.1. The van der Waals surface area contributed by atoms with Gasteiger partial charge in [-0.3, -0.25) is 4.79 Å². The lowest BCUT2D eigenvalue weighted by molar-refractivity contribution is -0.118. The van der Waals surface area contributed by atoms with Crippen molar-refractivity contribution in [1.29, 1.82) is 0 Å². The zero-order chi connectivity index (χ0) is 19.2. The zero-order valence-electron chi connectivity index (χ0n) is 15.8. The third-order valence-corrected chi connectivity index (χ3v) is 5.21. The molecule has 2 fully saturated rings. The molecule has 9 nitrogen and oxygen atoms in total. The topological polar surface area (TPSA) is 102 Å². The number of carbonyl (C=O) groups excluding carboxylic acids is 2. The largest absolute Gasteiger partial charge is 0.444 e. The molecule has 2 aliphatic heterocycles. The van der Waals surface area contributed by atoms with E-state index in [-0.39, 0.29) is 17.4 Å². The summed E-state index contributed by atoms with van der Waals surface area (Å²) in [6, 6.07) is 1.77. The van der Waals surface area contributed by atoms with Gasteiger partial charge in [-0.2, -0.15) is 0 Å². The highest BCUT2D eigenvalue weighted by Gasteiger charge is 2.46. The minimum absolute atomic E-state index is 0.0679. The van der Waals surface area contributed by atoms with Crippen LogP contribution in [0.3, 0.4) is 0 Å². The summed E-state index contributed by atoms with van der Waals surface area (Å²) in [6.45, 7) is 7.39. The summed E-state index contributed by atoms with van der Waals surface area (Å²) >= 11 is 0. The van der Waals surface area contributed by atoms with E-state index in [0.29, 0.717) is 42.9 Å². The zero-order valence-corrected chi connectivity index (χ0v) is 15.8. The standard InChI is InChI=1S/C18H23N5O4/c1-17(2,3)26-16(25)22-6-4-18(5-7-22)9-14(24)23(11-18)12-8-13-15(19-10-12)21-27-20-13/h8,10H,4-7,9,11H2,1-3H3. The van der Waals surface area contributed by atoms with Crippen molar-refractivity contribution in [3.05, 3.63) is 12.3 Å². The van der Waals surface area contributed by atoms with Gasteiger partial charge in [-0.1, -0.05) is 0 Å². The second kappa shape index (κ2) is 6.17. The Labute approximate surface area is 156 Å². The lowest BCUT2D eigenvalue weighted by atomic mass is 9.78. The van der Waals surface area contributed by atoms with E-state index in [0.717, 1.165) is 12.8 Å². The van der Waals surface area contributed by atoms with Gasteiger partial charge in [0.25, 0.3) is 0 Å². The van der Waals surface area contributed by atoms with Gasteiger partial charge in [0.2, 0.25) is 11.6 Å². The Hall–Kier alpha value is -2.71. The van der Waals surface area contributed by atoms with E-state index in [1.807, 2.05) is 20.8 Å². The van der Waals surface area contributed by atoms with Gasteiger partial charge >= 0.3 is 6.09 Å². The number of carbonyl (C=O) groups is 2. The molecule has 2 amide bonds. The third-order valence-electron chi connectivity index (χ3n) is 5.21. The number of rotatable bonds is 1. The average molecular weight is 373 g/mol. The van der Waals surface area contributed by atoms with Gasteiger partial charge in [0.05, 0.1) is 11.9 Å². The van der Waals surface area contributed by atoms with E-state index in [9.17, 15) is 9.59 Å². The van der Waals surface area contributed by atoms with E-state index >= 15 is 0 Å². The maximum atomic E-state index is 12.7. The normalized spacial score (nSPS) is 19.9. The summed E-state index contributed by atoms with van der Waals surface area (Å²) in [6.07, 6.45) is 3.36. The molecule has 0 bridgehead atoms. The molecule has 0 unspecified atom stereocenters. The summed E-state index contributed by atoms with van der Waals surface area (Å²) in [5.41, 5.74) is 1.03. The van der Waals surface area contributed by atoms with Crippen molar-refractivity contribution in [3.63, 3.8) is 0 Å². The molecule has 2 saturated heterocycles. The van der Waals surface area contributed by atoms with Gasteiger partial charge in [-0.25, -0.2) is 14.4 Å². The molecule has 0 atom stereocenters. The van der Waals surface area contributed by atoms with E-state index in [1.54, 1.807) is 22.1 Å². The molecule has 0 aliphatic carbocycles. The highest BCUT2D eigenvalue weighted by Crippen LogP contribution is 2.42. The summed E-state index contributed by atoms with van der Waals surface area (Å²) in [7, 11) is 0. The molecule has 2 aromatic heterocycles. The van der Waals surface area contributed by atoms with Crippen LogP contribution in [0.15, 0.2) is 16.9 Å². The Bertz CT molecular complexity index is 879. The summed E-state index contributed by atoms with van der Waals surface area (Å²) in [5, 5.41) is 7.48. The quantitative estimate of drug-likeness (QED) is 0.756. The second-order valence-electron chi connectivity index (χ2n) is 8.42. The number of hydrogen-bond donors (Lipinski definition) is 0. The van der Waals surface area contributed by atoms with Crippen molar-refractivity contribution < 1.29 is 19.0 Å². The fourth-order valence-corrected chi connectivity index (χ4v) is 3.78. The van der Waals surface area contributed by atoms with Crippen molar-refractivity contribution in [2.75, 3.05) is 24.5 Å². The number of anilines is 1. The summed E-state index contributed by atoms with van der Waals surface area (Å²) in [4.78, 5) is 32.6. The predicted octanol–water partition coefficient (Wildman–Crippen LogP) is 2.37. The number of nitrogens with zero attached hydrogens (tertiary/aromatic N) is 5. The number of ether oxygens (including phenoxy) is 1. The van der Waals surface area contributed by atoms with Crippen LogP contribution in [-0.2, 0) is 9.53 Å². The van der Waals surface area contributed by atoms with Crippen LogP contribution in [0.4, 0.5) is 10.5 Å². The van der Waals surface area contributed by atoms with E-state index in [2.05, 4.69) is 19.9 Å². The lowest BCUT2D eigenvalue weighted by Crippen LogP contribution is -2.46. The number of likely N-dealkylation sites (tertiary alicyclic amines) is 1. The molecule has 0 radical (unpaired) electrons. The Morgan fingerprint density at radius 3 is 2.70 bits per heavy atom. The Morgan fingerprint density at radius 2 is 2.00 bits per heavy atom. The highest BCUT2D eigenvalue weighted by atomic mass is 16.6. The van der Waals surface area contributed by atoms with Gasteiger partial charge in [-0.15, -0.1) is 0 Å². The van der Waals surface area contributed by atoms with Crippen LogP contribution in [0.5, 0.6) is 0 Å². The van der Waals surface area contributed by atoms with Gasteiger partial charge in [0.15, 0.2) is 5.52 Å². The third kappa shape index (κ3) is 3.45. The van der Waals surface area contributed by atoms with Gasteiger partial charge in [0, 0.05) is 31.5 Å². The molecular weight excluding hydrogens is 350 g/mol. The first-order valence-electron chi connectivity index (χ1n) is 9.11. The van der Waals surface area contributed by atoms with Crippen molar-refractivity contribution in [2.24, 2.45) is 5.41 Å². The highest BCUT2D eigenvalue weighted by molar-refractivity contribution is 5.97. The van der Waals surface area contributed by atoms with E-state index in [4.69, 9.17) is 4.74 Å². The first-order valence-corrected chi connectivity index (χ1v) is 9.11. The van der Waals surface area contributed by atoms with Crippen molar-refractivity contribution in [3.8, 4) is 0 Å². The number of piperidine rings is 1. The molecule has 0 saturated carbocycles. The van der Waals surface area contributed by atoms with Gasteiger partial charge in [0.1, 0.15) is 5.60 Å². The second-order valence-corrected chi connectivity index (χ2v) is 8.42. The molecule has 4 heterocycles. The maximum Gasteiger partial charge on any atom is 0.410 e. The number of hydrogen-bond acceptors (Lipinski definition) is 7. The molecule has 0 N–H and O–H groups in total. The molecule has 144 valence electrons. The predicted molar refractivity (Wildman–Crippen MR) is 96.0 cm³/mol. The van der Waals surface area contributed by atoms with Crippen LogP contribution in [0.2, 0.25) is 0 Å². The minimum atomic E-state index is -0.506. The lowest BCUT2D eigenvalue weighted by Gasteiger charge is -2.39. The molecule has 27 heavy (non-hydrogen) atoms. The first kappa shape index (κ1) is 17.7. The number of pyridine rings is 1. The van der Waals surface area contributed by atoms with Crippen molar-refractivity contribution in [2.45, 2.75) is 45.6 Å². The Kier molecular flexibility index (Phi) is 4.05. The minimum Gasteiger partial charge on any atom is -0.444 e. The van der Waals surface area contributed by atoms with Crippen LogP contribution < -0.4 is 4.90 Å². The van der Waals surface area contributed by atoms with Crippen LogP contribution in [0.1, 0.15) is 40.0 Å². The fourth-order valence-electron chi connectivity index (χ4n) is 3.78. The molecule has 9 heteroatoms. The fraction of sp³-hybridized carbons (Fsp3) is 0.611. The number of amides is 2. The number of aromatic nitrogens is 3. The molecular formula is C18H23N5O4. The molecule has 2 aromatic rings. The van der Waals surface area contributed by atoms with E-state index < -0.39 is 5.60 Å². The average Bonchev–Trinajstić information content (AvgIpc) is 3.18.